The van der Waals surface area contributed by atoms with Crippen LogP contribution < -0.4 is 10.9 Å². The Bertz CT molecular complexity index is 982. The van der Waals surface area contributed by atoms with Crippen LogP contribution in [0.5, 0.6) is 0 Å². The van der Waals surface area contributed by atoms with Crippen molar-refractivity contribution in [3.63, 3.8) is 0 Å². The summed E-state index contributed by atoms with van der Waals surface area (Å²) in [5.41, 5.74) is 2.14. The van der Waals surface area contributed by atoms with E-state index < -0.39 is 0 Å². The third-order valence-electron chi connectivity index (χ3n) is 5.25. The molecule has 26 heavy (non-hydrogen) atoms. The lowest BCUT2D eigenvalue weighted by Gasteiger charge is -2.22. The molecule has 3 aromatic rings. The van der Waals surface area contributed by atoms with Crippen molar-refractivity contribution in [1.29, 1.82) is 0 Å². The SMILES string of the molecule is O=C(CCCn1c(=O)c2cccn2c2cccnc21)NC1CCCCC1. The van der Waals surface area contributed by atoms with Crippen LogP contribution in [0.2, 0.25) is 0 Å². The Morgan fingerprint density at radius 1 is 1.15 bits per heavy atom. The maximum absolute atomic E-state index is 12.8. The van der Waals surface area contributed by atoms with Crippen LogP contribution in [0, 0.1) is 0 Å². The highest BCUT2D eigenvalue weighted by Crippen LogP contribution is 2.17. The van der Waals surface area contributed by atoms with Crippen molar-refractivity contribution in [2.45, 2.75) is 57.5 Å². The third kappa shape index (κ3) is 3.23. The van der Waals surface area contributed by atoms with E-state index in [0.717, 1.165) is 18.4 Å². The average Bonchev–Trinajstić information content (AvgIpc) is 3.15. The van der Waals surface area contributed by atoms with E-state index in [0.29, 0.717) is 36.6 Å². The van der Waals surface area contributed by atoms with Crippen LogP contribution >= 0.6 is 0 Å². The zero-order chi connectivity index (χ0) is 17.9. The summed E-state index contributed by atoms with van der Waals surface area (Å²) in [6, 6.07) is 7.85. The largest absolute Gasteiger partial charge is 0.353 e. The molecule has 0 unspecified atom stereocenters. The normalized spacial score (nSPS) is 15.5. The number of carbonyl (C=O) groups is 1. The Balaban J connectivity index is 1.49. The molecule has 0 bridgehead atoms. The molecule has 6 heteroatoms. The fourth-order valence-electron chi connectivity index (χ4n) is 3.94. The standard InChI is InChI=1S/C20H24N4O2/c25-18(22-15-7-2-1-3-8-15)11-6-14-24-19-16(9-4-12-21-19)23-13-5-10-17(23)20(24)26/h4-5,9-10,12-13,15H,1-3,6-8,11,14H2,(H,22,25). The van der Waals surface area contributed by atoms with Crippen LogP contribution in [0.4, 0.5) is 0 Å². The predicted molar refractivity (Wildman–Crippen MR) is 101 cm³/mol. The zero-order valence-electron chi connectivity index (χ0n) is 14.9. The molecule has 3 aromatic heterocycles. The Kier molecular flexibility index (Phi) is 4.73. The van der Waals surface area contributed by atoms with Gasteiger partial charge in [-0.15, -0.1) is 0 Å². The number of hydrogen-bond donors (Lipinski definition) is 1. The second-order valence-electron chi connectivity index (χ2n) is 7.07. The van der Waals surface area contributed by atoms with Crippen molar-refractivity contribution in [2.75, 3.05) is 0 Å². The summed E-state index contributed by atoms with van der Waals surface area (Å²) >= 11 is 0. The average molecular weight is 352 g/mol. The van der Waals surface area contributed by atoms with Crippen LogP contribution in [0.1, 0.15) is 44.9 Å². The van der Waals surface area contributed by atoms with Gasteiger partial charge >= 0.3 is 0 Å². The molecule has 0 saturated heterocycles. The van der Waals surface area contributed by atoms with Gasteiger partial charge in [-0.25, -0.2) is 4.98 Å². The van der Waals surface area contributed by atoms with Gasteiger partial charge in [-0.05, 0) is 43.5 Å². The van der Waals surface area contributed by atoms with Crippen LogP contribution in [0.15, 0.2) is 41.5 Å². The summed E-state index contributed by atoms with van der Waals surface area (Å²) in [7, 11) is 0. The zero-order valence-corrected chi connectivity index (χ0v) is 14.9. The fraction of sp³-hybridized carbons (Fsp3) is 0.450. The van der Waals surface area contributed by atoms with E-state index in [-0.39, 0.29) is 11.5 Å². The molecule has 136 valence electrons. The molecule has 6 nitrogen and oxygen atoms in total. The number of fused-ring (bicyclic) bond motifs is 3. The van der Waals surface area contributed by atoms with Crippen LogP contribution in [-0.4, -0.2) is 25.9 Å². The summed E-state index contributed by atoms with van der Waals surface area (Å²) in [5, 5.41) is 3.14. The number of rotatable bonds is 5. The molecule has 0 spiro atoms. The fourth-order valence-corrected chi connectivity index (χ4v) is 3.94. The number of hydrogen-bond acceptors (Lipinski definition) is 3. The third-order valence-corrected chi connectivity index (χ3v) is 5.25. The summed E-state index contributed by atoms with van der Waals surface area (Å²) < 4.78 is 3.56. The van der Waals surface area contributed by atoms with E-state index in [4.69, 9.17) is 0 Å². The minimum Gasteiger partial charge on any atom is -0.353 e. The lowest BCUT2D eigenvalue weighted by atomic mass is 9.95. The predicted octanol–water partition coefficient (Wildman–Crippen LogP) is 2.88. The van der Waals surface area contributed by atoms with Gasteiger partial charge in [0, 0.05) is 31.4 Å². The maximum atomic E-state index is 12.8. The number of pyridine rings is 1. The van der Waals surface area contributed by atoms with Crippen molar-refractivity contribution < 1.29 is 4.79 Å². The van der Waals surface area contributed by atoms with Gasteiger partial charge in [0.15, 0.2) is 5.65 Å². The molecule has 0 aliphatic heterocycles. The topological polar surface area (TPSA) is 68.4 Å². The molecule has 1 saturated carbocycles. The van der Waals surface area contributed by atoms with Gasteiger partial charge in [-0.1, -0.05) is 19.3 Å². The number of nitrogens with zero attached hydrogens (tertiary/aromatic N) is 3. The quantitative estimate of drug-likeness (QED) is 0.768. The second kappa shape index (κ2) is 7.32. The Hall–Kier alpha value is -2.63. The second-order valence-corrected chi connectivity index (χ2v) is 7.07. The molecular formula is C20H24N4O2. The lowest BCUT2D eigenvalue weighted by Crippen LogP contribution is -2.36. The van der Waals surface area contributed by atoms with Crippen LogP contribution in [-0.2, 0) is 11.3 Å². The Morgan fingerprint density at radius 3 is 2.81 bits per heavy atom. The molecular weight excluding hydrogens is 328 g/mol. The van der Waals surface area contributed by atoms with Gasteiger partial charge in [-0.2, -0.15) is 0 Å². The first-order valence-corrected chi connectivity index (χ1v) is 9.48. The van der Waals surface area contributed by atoms with Gasteiger partial charge in [0.05, 0.1) is 5.52 Å². The van der Waals surface area contributed by atoms with Gasteiger partial charge in [0.2, 0.25) is 5.91 Å². The van der Waals surface area contributed by atoms with Gasteiger partial charge in [0.25, 0.3) is 5.56 Å². The van der Waals surface area contributed by atoms with E-state index in [1.165, 1.54) is 19.3 Å². The van der Waals surface area contributed by atoms with E-state index in [2.05, 4.69) is 10.3 Å². The minimum absolute atomic E-state index is 0.0612. The van der Waals surface area contributed by atoms with Crippen molar-refractivity contribution in [3.8, 4) is 0 Å². The molecule has 1 fully saturated rings. The van der Waals surface area contributed by atoms with E-state index in [1.54, 1.807) is 10.8 Å². The Morgan fingerprint density at radius 2 is 1.96 bits per heavy atom. The summed E-state index contributed by atoms with van der Waals surface area (Å²) in [5.74, 6) is 0.0889. The monoisotopic (exact) mass is 352 g/mol. The van der Waals surface area contributed by atoms with E-state index in [9.17, 15) is 9.59 Å². The summed E-state index contributed by atoms with van der Waals surface area (Å²) in [6.45, 7) is 0.492. The van der Waals surface area contributed by atoms with Crippen LogP contribution in [0.3, 0.4) is 0 Å². The number of aryl methyl sites for hydroxylation is 1. The van der Waals surface area contributed by atoms with E-state index in [1.807, 2.05) is 34.9 Å². The highest BCUT2D eigenvalue weighted by atomic mass is 16.1. The highest BCUT2D eigenvalue weighted by Gasteiger charge is 2.16. The summed E-state index contributed by atoms with van der Waals surface area (Å²) in [6.07, 6.45) is 10.5. The molecule has 1 aliphatic rings. The first kappa shape index (κ1) is 16.8. The molecule has 3 heterocycles. The molecule has 0 aromatic carbocycles. The maximum Gasteiger partial charge on any atom is 0.276 e. The molecule has 1 N–H and O–H groups in total. The molecule has 1 amide bonds. The van der Waals surface area contributed by atoms with Crippen molar-refractivity contribution in [1.82, 2.24) is 19.3 Å². The first-order chi connectivity index (χ1) is 12.7. The van der Waals surface area contributed by atoms with Gasteiger partial charge in [-0.3, -0.25) is 14.2 Å². The minimum atomic E-state index is -0.0612. The number of aromatic nitrogens is 3. The van der Waals surface area contributed by atoms with Crippen molar-refractivity contribution in [3.05, 3.63) is 47.0 Å². The molecule has 4 rings (SSSR count). The lowest BCUT2D eigenvalue weighted by molar-refractivity contribution is -0.122. The highest BCUT2D eigenvalue weighted by molar-refractivity contribution is 5.76. The van der Waals surface area contributed by atoms with Gasteiger partial charge < -0.3 is 9.72 Å². The van der Waals surface area contributed by atoms with Gasteiger partial charge in [0.1, 0.15) is 5.52 Å². The molecule has 0 radical (unpaired) electrons. The van der Waals surface area contributed by atoms with Crippen molar-refractivity contribution in [2.24, 2.45) is 0 Å². The van der Waals surface area contributed by atoms with E-state index >= 15 is 0 Å². The van der Waals surface area contributed by atoms with Crippen LogP contribution in [0.25, 0.3) is 16.7 Å². The first-order valence-electron chi connectivity index (χ1n) is 9.48. The van der Waals surface area contributed by atoms with Crippen molar-refractivity contribution >= 4 is 22.6 Å². The Labute approximate surface area is 151 Å². The molecule has 1 aliphatic carbocycles. The number of carbonyl (C=O) groups excluding carboxylic acids is 1. The number of nitrogens with one attached hydrogen (secondary N) is 1. The molecule has 0 atom stereocenters. The smallest absolute Gasteiger partial charge is 0.276 e. The number of amides is 1. The summed E-state index contributed by atoms with van der Waals surface area (Å²) in [4.78, 5) is 29.4.